The summed E-state index contributed by atoms with van der Waals surface area (Å²) in [4.78, 5) is 27.3. The minimum absolute atomic E-state index is 0.00354. The molecule has 7 nitrogen and oxygen atoms in total. The van der Waals surface area contributed by atoms with Gasteiger partial charge in [-0.05, 0) is 63.3 Å². The van der Waals surface area contributed by atoms with Gasteiger partial charge in [-0.1, -0.05) is 31.2 Å². The van der Waals surface area contributed by atoms with E-state index >= 15 is 0 Å². The van der Waals surface area contributed by atoms with Crippen molar-refractivity contribution < 1.29 is 28.5 Å². The van der Waals surface area contributed by atoms with Crippen LogP contribution in [0.15, 0.2) is 65.0 Å². The lowest BCUT2D eigenvalue weighted by Crippen LogP contribution is -2.36. The molecule has 38 heavy (non-hydrogen) atoms. The van der Waals surface area contributed by atoms with E-state index in [4.69, 9.17) is 18.9 Å². The van der Waals surface area contributed by atoms with Crippen LogP contribution in [0.1, 0.15) is 69.9 Å². The van der Waals surface area contributed by atoms with Gasteiger partial charge in [0.1, 0.15) is 5.75 Å². The Labute approximate surface area is 224 Å². The van der Waals surface area contributed by atoms with Crippen LogP contribution in [0.25, 0.3) is 0 Å². The van der Waals surface area contributed by atoms with Gasteiger partial charge in [-0.2, -0.15) is 0 Å². The van der Waals surface area contributed by atoms with Crippen LogP contribution in [0.4, 0.5) is 0 Å². The number of ether oxygens (including phenoxy) is 4. The predicted octanol–water partition coefficient (Wildman–Crippen LogP) is 5.81. The summed E-state index contributed by atoms with van der Waals surface area (Å²) in [6, 6.07) is 13.4. The Kier molecular flexibility index (Phi) is 8.45. The first-order valence-electron chi connectivity index (χ1n) is 13.2. The van der Waals surface area contributed by atoms with Crippen LogP contribution in [0, 0.1) is 0 Å². The minimum atomic E-state index is -0.579. The normalized spacial score (nSPS) is 19.2. The fourth-order valence-electron chi connectivity index (χ4n) is 5.32. The molecule has 1 aliphatic carbocycles. The zero-order chi connectivity index (χ0) is 27.4. The number of nitrogens with one attached hydrogen (secondary N) is 1. The van der Waals surface area contributed by atoms with Gasteiger partial charge in [-0.15, -0.1) is 0 Å². The summed E-state index contributed by atoms with van der Waals surface area (Å²) < 4.78 is 22.6. The van der Waals surface area contributed by atoms with Gasteiger partial charge in [-0.25, -0.2) is 4.79 Å². The van der Waals surface area contributed by atoms with Crippen LogP contribution in [-0.2, 0) is 14.3 Å². The third-order valence-electron chi connectivity index (χ3n) is 6.96. The van der Waals surface area contributed by atoms with Gasteiger partial charge in [0.25, 0.3) is 0 Å². The van der Waals surface area contributed by atoms with Crippen molar-refractivity contribution >= 4 is 11.8 Å². The van der Waals surface area contributed by atoms with Crippen LogP contribution in [0.5, 0.6) is 17.2 Å². The molecule has 7 heteroatoms. The minimum Gasteiger partial charge on any atom is -0.493 e. The highest BCUT2D eigenvalue weighted by Crippen LogP contribution is 2.48. The zero-order valence-corrected chi connectivity index (χ0v) is 23.1. The fraction of sp³-hybridized carbons (Fsp3) is 0.419. The summed E-state index contributed by atoms with van der Waals surface area (Å²) in [5.41, 5.74) is 4.37. The maximum absolute atomic E-state index is 13.9. The van der Waals surface area contributed by atoms with Gasteiger partial charge in [0, 0.05) is 29.0 Å². The number of esters is 1. The Hall–Kier alpha value is -3.74. The van der Waals surface area contributed by atoms with Gasteiger partial charge in [-0.3, -0.25) is 4.79 Å². The molecule has 0 spiro atoms. The predicted molar refractivity (Wildman–Crippen MR) is 146 cm³/mol. The topological polar surface area (TPSA) is 83.1 Å². The first kappa shape index (κ1) is 27.3. The third-order valence-corrected chi connectivity index (χ3v) is 6.96. The zero-order valence-electron chi connectivity index (χ0n) is 23.1. The number of dihydropyridines is 1. The second-order valence-electron chi connectivity index (χ2n) is 9.97. The highest BCUT2D eigenvalue weighted by Gasteiger charge is 2.42. The van der Waals surface area contributed by atoms with Gasteiger partial charge < -0.3 is 24.3 Å². The molecule has 1 heterocycles. The van der Waals surface area contributed by atoms with Crippen LogP contribution in [0.2, 0.25) is 0 Å². The van der Waals surface area contributed by atoms with Gasteiger partial charge >= 0.3 is 5.97 Å². The fourth-order valence-corrected chi connectivity index (χ4v) is 5.32. The average molecular weight is 520 g/mol. The first-order valence-corrected chi connectivity index (χ1v) is 13.2. The van der Waals surface area contributed by atoms with Crippen LogP contribution in [-0.4, -0.2) is 38.7 Å². The van der Waals surface area contributed by atoms with Crippen molar-refractivity contribution in [2.24, 2.45) is 0 Å². The van der Waals surface area contributed by atoms with Crippen molar-refractivity contribution in [3.63, 3.8) is 0 Å². The van der Waals surface area contributed by atoms with E-state index in [0.717, 1.165) is 16.8 Å². The van der Waals surface area contributed by atoms with Crippen molar-refractivity contribution in [3.05, 3.63) is 76.1 Å². The molecule has 4 rings (SSSR count). The molecular formula is C31H37NO6. The Morgan fingerprint density at radius 3 is 2.45 bits per heavy atom. The van der Waals surface area contributed by atoms with Crippen molar-refractivity contribution in [3.8, 4) is 17.2 Å². The molecule has 2 aromatic rings. The molecule has 2 aromatic carbocycles. The molecular weight excluding hydrogens is 482 g/mol. The summed E-state index contributed by atoms with van der Waals surface area (Å²) in [6.45, 7) is 8.06. The number of carbonyl (C=O) groups is 2. The number of benzene rings is 2. The molecule has 2 atom stereocenters. The van der Waals surface area contributed by atoms with E-state index in [2.05, 4.69) is 5.32 Å². The van der Waals surface area contributed by atoms with Gasteiger partial charge in [0.05, 0.1) is 38.4 Å². The lowest BCUT2D eigenvalue weighted by Gasteiger charge is -2.37. The molecule has 0 fully saturated rings. The molecule has 0 amide bonds. The second-order valence-corrected chi connectivity index (χ2v) is 9.97. The van der Waals surface area contributed by atoms with E-state index in [0.29, 0.717) is 60.0 Å². The highest BCUT2D eigenvalue weighted by molar-refractivity contribution is 6.04. The first-order chi connectivity index (χ1) is 18.3. The summed E-state index contributed by atoms with van der Waals surface area (Å²) in [5.74, 6) is 0.888. The van der Waals surface area contributed by atoms with E-state index in [1.165, 1.54) is 0 Å². The van der Waals surface area contributed by atoms with Gasteiger partial charge in [0.15, 0.2) is 17.3 Å². The molecule has 0 saturated carbocycles. The number of hydrogen-bond donors (Lipinski definition) is 1. The van der Waals surface area contributed by atoms with Crippen molar-refractivity contribution in [2.75, 3.05) is 20.8 Å². The number of carbonyl (C=O) groups excluding carboxylic acids is 2. The number of para-hydroxylation sites is 1. The van der Waals surface area contributed by atoms with Crippen molar-refractivity contribution in [2.45, 2.75) is 64.9 Å². The largest absolute Gasteiger partial charge is 0.493 e. The Balaban J connectivity index is 1.80. The van der Waals surface area contributed by atoms with Crippen LogP contribution < -0.4 is 19.5 Å². The molecule has 202 valence electrons. The van der Waals surface area contributed by atoms with E-state index in [-0.39, 0.29) is 17.8 Å². The molecule has 0 aromatic heterocycles. The molecule has 0 saturated heterocycles. The van der Waals surface area contributed by atoms with E-state index in [9.17, 15) is 9.59 Å². The maximum atomic E-state index is 13.9. The Bertz CT molecular complexity index is 1270. The standard InChI is InChI=1S/C31H37NO6/c1-7-14-37-31(34)28-19(4)32-23-15-21(20-12-13-26(35-5)27(17-20)36-6)16-24(33)30(23)29(28)22-10-8-9-11-25(22)38-18(2)3/h8-13,17-18,21,29,32H,7,14-16H2,1-6H3/t21-,29+/m0/s1. The maximum Gasteiger partial charge on any atom is 0.336 e. The Morgan fingerprint density at radius 1 is 1.03 bits per heavy atom. The monoisotopic (exact) mass is 519 g/mol. The van der Waals surface area contributed by atoms with Gasteiger partial charge in [0.2, 0.25) is 0 Å². The molecule has 1 N–H and O–H groups in total. The summed E-state index contributed by atoms with van der Waals surface area (Å²) in [5, 5.41) is 3.41. The average Bonchev–Trinajstić information content (AvgIpc) is 2.90. The molecule has 1 aliphatic heterocycles. The number of rotatable bonds is 9. The number of methoxy groups -OCH3 is 2. The summed E-state index contributed by atoms with van der Waals surface area (Å²) >= 11 is 0. The number of hydrogen-bond acceptors (Lipinski definition) is 7. The quantitative estimate of drug-likeness (QED) is 0.419. The number of Topliss-reactive ketones (excluding diaryl/α,β-unsaturated/α-hetero) is 1. The Morgan fingerprint density at radius 2 is 1.76 bits per heavy atom. The summed E-state index contributed by atoms with van der Waals surface area (Å²) in [6.07, 6.45) is 1.58. The summed E-state index contributed by atoms with van der Waals surface area (Å²) in [7, 11) is 3.20. The second kappa shape index (κ2) is 11.8. The van der Waals surface area contributed by atoms with E-state index in [1.807, 2.05) is 70.2 Å². The molecule has 0 bridgehead atoms. The van der Waals surface area contributed by atoms with E-state index in [1.54, 1.807) is 14.2 Å². The third kappa shape index (κ3) is 5.42. The number of ketones is 1. The lowest BCUT2D eigenvalue weighted by atomic mass is 9.71. The molecule has 2 aliphatic rings. The van der Waals surface area contributed by atoms with Crippen LogP contribution in [0.3, 0.4) is 0 Å². The van der Waals surface area contributed by atoms with Crippen LogP contribution >= 0.6 is 0 Å². The van der Waals surface area contributed by atoms with Crippen molar-refractivity contribution in [1.82, 2.24) is 5.32 Å². The van der Waals surface area contributed by atoms with E-state index < -0.39 is 11.9 Å². The van der Waals surface area contributed by atoms with Crippen molar-refractivity contribution in [1.29, 1.82) is 0 Å². The number of allylic oxidation sites excluding steroid dienone is 3. The molecule has 0 unspecified atom stereocenters. The molecule has 0 radical (unpaired) electrons. The highest BCUT2D eigenvalue weighted by atomic mass is 16.5. The SMILES string of the molecule is CCCOC(=O)C1=C(C)NC2=C(C(=O)C[C@@H](c3ccc(OC)c(OC)c3)C2)[C@@H]1c1ccccc1OC(C)C. The lowest BCUT2D eigenvalue weighted by molar-refractivity contribution is -0.139. The smallest absolute Gasteiger partial charge is 0.336 e.